The molecule has 0 aromatic heterocycles. The Morgan fingerprint density at radius 1 is 1.00 bits per heavy atom. The fraction of sp³-hybridized carbons (Fsp3) is 0.667. The van der Waals surface area contributed by atoms with E-state index in [1.54, 1.807) is 0 Å². The van der Waals surface area contributed by atoms with E-state index in [0.29, 0.717) is 0 Å². The van der Waals surface area contributed by atoms with Crippen molar-refractivity contribution in [2.45, 2.75) is 28.7 Å². The summed E-state index contributed by atoms with van der Waals surface area (Å²) in [5.74, 6) is -0.625. The first kappa shape index (κ1) is 15.7. The lowest BCUT2D eigenvalue weighted by Gasteiger charge is -1.88. The average Bonchev–Trinajstić information content (AvgIpc) is 1.27. The van der Waals surface area contributed by atoms with Crippen LogP contribution in [-0.4, -0.2) is 11.8 Å². The molecule has 0 spiro atoms. The molecule has 56 valence electrons. The molecule has 3 nitrogen and oxygen atoms in total. The van der Waals surface area contributed by atoms with E-state index in [0.717, 1.165) is 0 Å². The van der Waals surface area contributed by atoms with E-state index >= 15 is 0 Å². The fourth-order valence-corrected chi connectivity index (χ4v) is 0.248. The van der Waals surface area contributed by atoms with Gasteiger partial charge in [0.15, 0.2) is 0 Å². The molecule has 0 aliphatic carbocycles. The van der Waals surface area contributed by atoms with E-state index in [1.807, 2.05) is 5.32 Å². The minimum absolute atomic E-state index is 0. The Bertz CT molecular complexity index is 87.2. The third kappa shape index (κ3) is 19.1. The summed E-state index contributed by atoms with van der Waals surface area (Å²) in [4.78, 5) is 19.8. The number of hydrogen-bond acceptors (Lipinski definition) is 2. The van der Waals surface area contributed by atoms with Gasteiger partial charge in [0.05, 0.1) is 0 Å². The molecule has 0 fully saturated rings. The van der Waals surface area contributed by atoms with Gasteiger partial charge >= 0.3 is 0 Å². The molecule has 0 saturated heterocycles. The Kier molecular flexibility index (Phi) is 12.5. The Hall–Kier alpha value is -0.860. The van der Waals surface area contributed by atoms with Crippen LogP contribution < -0.4 is 5.32 Å². The number of carbonyl (C=O) groups excluding carboxylic acids is 2. The topological polar surface area (TPSA) is 46.2 Å². The first-order valence-electron chi connectivity index (χ1n) is 1.91. The van der Waals surface area contributed by atoms with E-state index in [1.165, 1.54) is 13.8 Å². The Balaban J connectivity index is -0.000000180. The number of carbonyl (C=O) groups is 2. The zero-order chi connectivity index (χ0) is 5.86. The van der Waals surface area contributed by atoms with Crippen molar-refractivity contribution in [3.05, 3.63) is 0 Å². The van der Waals surface area contributed by atoms with E-state index < -0.39 is 0 Å². The molecule has 0 heterocycles. The zero-order valence-corrected chi connectivity index (χ0v) is 4.32. The van der Waals surface area contributed by atoms with Crippen LogP contribution in [0, 0.1) is 0 Å². The third-order valence-electron chi connectivity index (χ3n) is 0.352. The van der Waals surface area contributed by atoms with Crippen molar-refractivity contribution in [3.8, 4) is 0 Å². The molecule has 3 heteroatoms. The molecule has 0 rings (SSSR count). The van der Waals surface area contributed by atoms with Gasteiger partial charge in [-0.2, -0.15) is 0 Å². The molecule has 1 N–H and O–H groups in total. The SMILES string of the molecule is C.C.CC(=O)NC(C)=O. The predicted molar refractivity (Wildman–Crippen MR) is 38.0 cm³/mol. The molecular weight excluding hydrogens is 118 g/mol. The van der Waals surface area contributed by atoms with Gasteiger partial charge in [0, 0.05) is 13.8 Å². The van der Waals surface area contributed by atoms with Crippen LogP contribution in [0.3, 0.4) is 0 Å². The van der Waals surface area contributed by atoms with Crippen molar-refractivity contribution < 1.29 is 9.59 Å². The second-order valence-corrected chi connectivity index (χ2v) is 1.24. The van der Waals surface area contributed by atoms with Gasteiger partial charge < -0.3 is 0 Å². The normalized spacial score (nSPS) is 6.00. The lowest BCUT2D eigenvalue weighted by molar-refractivity contribution is -0.127. The Morgan fingerprint density at radius 3 is 1.22 bits per heavy atom. The van der Waals surface area contributed by atoms with Crippen LogP contribution in [0.5, 0.6) is 0 Å². The number of imide groups is 1. The summed E-state index contributed by atoms with van der Waals surface area (Å²) in [6.45, 7) is 2.59. The maximum Gasteiger partial charge on any atom is 0.223 e. The summed E-state index contributed by atoms with van der Waals surface area (Å²) in [7, 11) is 0. The molecule has 9 heavy (non-hydrogen) atoms. The summed E-state index contributed by atoms with van der Waals surface area (Å²) in [5, 5.41) is 2.03. The van der Waals surface area contributed by atoms with Crippen LogP contribution in [0.25, 0.3) is 0 Å². The molecule has 0 bridgehead atoms. The van der Waals surface area contributed by atoms with E-state index in [4.69, 9.17) is 0 Å². The molecule has 2 amide bonds. The number of nitrogens with one attached hydrogen (secondary N) is 1. The molecular formula is C6H15NO2. The zero-order valence-electron chi connectivity index (χ0n) is 4.32. The maximum absolute atomic E-state index is 9.92. The molecule has 0 saturated carbocycles. The number of amides is 2. The molecule has 0 aromatic carbocycles. The van der Waals surface area contributed by atoms with Crippen molar-refractivity contribution in [1.82, 2.24) is 5.32 Å². The summed E-state index contributed by atoms with van der Waals surface area (Å²) in [5.41, 5.74) is 0. The van der Waals surface area contributed by atoms with Crippen molar-refractivity contribution >= 4 is 11.8 Å². The molecule has 0 aliphatic heterocycles. The van der Waals surface area contributed by atoms with Gasteiger partial charge in [-0.3, -0.25) is 14.9 Å². The number of hydrogen-bond donors (Lipinski definition) is 1. The molecule has 0 unspecified atom stereocenters. The van der Waals surface area contributed by atoms with Crippen LogP contribution in [0.1, 0.15) is 28.7 Å². The molecule has 0 radical (unpaired) electrons. The van der Waals surface area contributed by atoms with E-state index in [-0.39, 0.29) is 26.7 Å². The largest absolute Gasteiger partial charge is 0.297 e. The monoisotopic (exact) mass is 133 g/mol. The first-order chi connectivity index (χ1) is 3.13. The number of rotatable bonds is 0. The summed E-state index contributed by atoms with van der Waals surface area (Å²) in [6, 6.07) is 0. The van der Waals surface area contributed by atoms with E-state index in [9.17, 15) is 9.59 Å². The van der Waals surface area contributed by atoms with Gasteiger partial charge in [-0.25, -0.2) is 0 Å². The van der Waals surface area contributed by atoms with Gasteiger partial charge in [-0.15, -0.1) is 0 Å². The minimum atomic E-state index is -0.312. The van der Waals surface area contributed by atoms with Crippen LogP contribution in [0.4, 0.5) is 0 Å². The van der Waals surface area contributed by atoms with Crippen molar-refractivity contribution in [3.63, 3.8) is 0 Å². The van der Waals surface area contributed by atoms with Crippen molar-refractivity contribution in [2.24, 2.45) is 0 Å². The maximum atomic E-state index is 9.92. The Labute approximate surface area is 56.4 Å². The Morgan fingerprint density at radius 2 is 1.22 bits per heavy atom. The highest BCUT2D eigenvalue weighted by molar-refractivity contribution is 5.92. The predicted octanol–water partition coefficient (Wildman–Crippen LogP) is 0.941. The molecule has 0 aliphatic rings. The van der Waals surface area contributed by atoms with Crippen molar-refractivity contribution in [1.29, 1.82) is 0 Å². The highest BCUT2D eigenvalue weighted by atomic mass is 16.2. The van der Waals surface area contributed by atoms with Crippen LogP contribution >= 0.6 is 0 Å². The second kappa shape index (κ2) is 7.14. The summed E-state index contributed by atoms with van der Waals surface area (Å²) >= 11 is 0. The average molecular weight is 133 g/mol. The van der Waals surface area contributed by atoms with Crippen LogP contribution in [-0.2, 0) is 9.59 Å². The highest BCUT2D eigenvalue weighted by Crippen LogP contribution is 1.58. The van der Waals surface area contributed by atoms with Crippen LogP contribution in [0.15, 0.2) is 0 Å². The van der Waals surface area contributed by atoms with Gasteiger partial charge in [-0.1, -0.05) is 14.9 Å². The molecule has 0 atom stereocenters. The standard InChI is InChI=1S/C4H7NO2.2CH4/c1-3(6)5-4(2)7;;/h1-2H3,(H,5,6,7);2*1H4. The first-order valence-corrected chi connectivity index (χ1v) is 1.91. The molecule has 0 aromatic rings. The lowest BCUT2D eigenvalue weighted by Crippen LogP contribution is -2.24. The van der Waals surface area contributed by atoms with Crippen molar-refractivity contribution in [2.75, 3.05) is 0 Å². The summed E-state index contributed by atoms with van der Waals surface area (Å²) in [6.07, 6.45) is 0. The fourth-order valence-electron chi connectivity index (χ4n) is 0.248. The third-order valence-corrected chi connectivity index (χ3v) is 0.352. The van der Waals surface area contributed by atoms with Gasteiger partial charge in [0.1, 0.15) is 0 Å². The van der Waals surface area contributed by atoms with Gasteiger partial charge in [0.25, 0.3) is 0 Å². The van der Waals surface area contributed by atoms with E-state index in [2.05, 4.69) is 0 Å². The minimum Gasteiger partial charge on any atom is -0.297 e. The lowest BCUT2D eigenvalue weighted by atomic mass is 10.6. The highest BCUT2D eigenvalue weighted by Gasteiger charge is 1.90. The smallest absolute Gasteiger partial charge is 0.223 e. The quantitative estimate of drug-likeness (QED) is 0.534. The summed E-state index contributed by atoms with van der Waals surface area (Å²) < 4.78 is 0. The van der Waals surface area contributed by atoms with Crippen LogP contribution in [0.2, 0.25) is 0 Å². The second-order valence-electron chi connectivity index (χ2n) is 1.24. The van der Waals surface area contributed by atoms with Gasteiger partial charge in [-0.05, 0) is 0 Å². The van der Waals surface area contributed by atoms with Gasteiger partial charge in [0.2, 0.25) is 11.8 Å².